The number of hydrogen-bond donors (Lipinski definition) is 0. The van der Waals surface area contributed by atoms with Crippen LogP contribution in [0, 0.1) is 23.7 Å². The van der Waals surface area contributed by atoms with Gasteiger partial charge in [-0.15, -0.1) is 0 Å². The molecule has 0 atom stereocenters. The molecule has 0 saturated heterocycles. The van der Waals surface area contributed by atoms with Gasteiger partial charge in [0, 0.05) is 23.5 Å². The molecule has 0 spiro atoms. The summed E-state index contributed by atoms with van der Waals surface area (Å²) in [7, 11) is 0. The van der Waals surface area contributed by atoms with Crippen LogP contribution < -0.4 is 0 Å². The lowest BCUT2D eigenvalue weighted by Gasteiger charge is -1.96. The van der Waals surface area contributed by atoms with Crippen molar-refractivity contribution in [2.24, 2.45) is 0 Å². The standard InChI is InChI=1S/C32H40N2/c1-3-5-7-9-11-13-15-21-31-25-23-29(27-33-31)19-17-18-20-30-24-26-32(34-28-30)22-16-14-12-10-8-6-4-2/h15-16,21-28H,3-14H2,1-2H3/b21-15+,22-16+. The fourth-order valence-electron chi connectivity index (χ4n) is 3.50. The van der Waals surface area contributed by atoms with E-state index in [1.165, 1.54) is 64.2 Å². The van der Waals surface area contributed by atoms with Gasteiger partial charge in [0.1, 0.15) is 0 Å². The summed E-state index contributed by atoms with van der Waals surface area (Å²) in [5.41, 5.74) is 3.70. The lowest BCUT2D eigenvalue weighted by Crippen LogP contribution is -1.83. The summed E-state index contributed by atoms with van der Waals surface area (Å²) in [6.45, 7) is 4.50. The molecule has 0 fully saturated rings. The van der Waals surface area contributed by atoms with E-state index in [0.717, 1.165) is 35.4 Å². The molecule has 0 aliphatic rings. The first kappa shape index (κ1) is 27.1. The van der Waals surface area contributed by atoms with Crippen LogP contribution in [0.15, 0.2) is 48.8 Å². The van der Waals surface area contributed by atoms with E-state index in [9.17, 15) is 0 Å². The Morgan fingerprint density at radius 3 is 1.41 bits per heavy atom. The molecule has 2 aromatic heterocycles. The van der Waals surface area contributed by atoms with E-state index in [1.807, 2.05) is 36.7 Å². The molecule has 0 bridgehead atoms. The quantitative estimate of drug-likeness (QED) is 0.212. The summed E-state index contributed by atoms with van der Waals surface area (Å²) >= 11 is 0. The molecule has 2 nitrogen and oxygen atoms in total. The van der Waals surface area contributed by atoms with Gasteiger partial charge in [0.2, 0.25) is 0 Å². The van der Waals surface area contributed by atoms with Gasteiger partial charge < -0.3 is 0 Å². The predicted molar refractivity (Wildman–Crippen MR) is 147 cm³/mol. The molecule has 0 amide bonds. The lowest BCUT2D eigenvalue weighted by molar-refractivity contribution is 0.638. The maximum absolute atomic E-state index is 4.47. The van der Waals surface area contributed by atoms with E-state index in [-0.39, 0.29) is 0 Å². The van der Waals surface area contributed by atoms with Gasteiger partial charge in [0.05, 0.1) is 11.4 Å². The van der Waals surface area contributed by atoms with Crippen LogP contribution in [0.3, 0.4) is 0 Å². The third kappa shape index (κ3) is 12.8. The van der Waals surface area contributed by atoms with Crippen molar-refractivity contribution < 1.29 is 0 Å². The summed E-state index contributed by atoms with van der Waals surface area (Å²) in [5, 5.41) is 0. The first-order chi connectivity index (χ1) is 16.8. The smallest absolute Gasteiger partial charge is 0.0627 e. The van der Waals surface area contributed by atoms with Crippen molar-refractivity contribution in [2.75, 3.05) is 0 Å². The molecule has 0 aromatic carbocycles. The van der Waals surface area contributed by atoms with Crippen LogP contribution in [0.25, 0.3) is 12.2 Å². The molecule has 34 heavy (non-hydrogen) atoms. The molecule has 0 aliphatic carbocycles. The van der Waals surface area contributed by atoms with Gasteiger partial charge in [-0.2, -0.15) is 0 Å². The largest absolute Gasteiger partial charge is 0.256 e. The Hall–Kier alpha value is -3.10. The zero-order valence-electron chi connectivity index (χ0n) is 21.2. The Kier molecular flexibility index (Phi) is 14.6. The second-order valence-electron chi connectivity index (χ2n) is 8.65. The fraction of sp³-hybridized carbons (Fsp3) is 0.438. The topological polar surface area (TPSA) is 25.8 Å². The SMILES string of the molecule is CCCCCCC/C=C/c1ccc(C#CC#Cc2ccc(/C=C/CCCCCCC)nc2)cn1. The minimum Gasteiger partial charge on any atom is -0.256 e. The van der Waals surface area contributed by atoms with Gasteiger partial charge in [-0.3, -0.25) is 9.97 Å². The van der Waals surface area contributed by atoms with Crippen LogP contribution in [-0.4, -0.2) is 9.97 Å². The van der Waals surface area contributed by atoms with Crippen molar-refractivity contribution in [1.29, 1.82) is 0 Å². The molecule has 2 heteroatoms. The maximum Gasteiger partial charge on any atom is 0.0627 e. The van der Waals surface area contributed by atoms with Crippen LogP contribution in [-0.2, 0) is 0 Å². The zero-order valence-corrected chi connectivity index (χ0v) is 21.2. The van der Waals surface area contributed by atoms with Crippen molar-refractivity contribution in [3.63, 3.8) is 0 Å². The Morgan fingerprint density at radius 2 is 1.03 bits per heavy atom. The minimum absolute atomic E-state index is 0.874. The van der Waals surface area contributed by atoms with Gasteiger partial charge in [-0.25, -0.2) is 0 Å². The normalized spacial score (nSPS) is 10.8. The third-order valence-electron chi connectivity index (χ3n) is 5.57. The van der Waals surface area contributed by atoms with Gasteiger partial charge >= 0.3 is 0 Å². The Morgan fingerprint density at radius 1 is 0.588 bits per heavy atom. The second kappa shape index (κ2) is 18.3. The number of hydrogen-bond acceptors (Lipinski definition) is 2. The summed E-state index contributed by atoms with van der Waals surface area (Å²) < 4.78 is 0. The number of allylic oxidation sites excluding steroid dienone is 2. The van der Waals surface area contributed by atoms with E-state index in [1.54, 1.807) is 0 Å². The second-order valence-corrected chi connectivity index (χ2v) is 8.65. The van der Waals surface area contributed by atoms with E-state index >= 15 is 0 Å². The van der Waals surface area contributed by atoms with Gasteiger partial charge in [0.15, 0.2) is 0 Å². The molecule has 2 rings (SSSR count). The molecule has 0 saturated carbocycles. The fourth-order valence-corrected chi connectivity index (χ4v) is 3.50. The molecule has 0 aliphatic heterocycles. The predicted octanol–water partition coefficient (Wildman–Crippen LogP) is 8.63. The third-order valence-corrected chi connectivity index (χ3v) is 5.57. The molecule has 2 aromatic rings. The maximum atomic E-state index is 4.47. The van der Waals surface area contributed by atoms with E-state index in [2.05, 4.69) is 71.8 Å². The average molecular weight is 453 g/mol. The number of aromatic nitrogens is 2. The van der Waals surface area contributed by atoms with Gasteiger partial charge in [-0.1, -0.05) is 89.2 Å². The van der Waals surface area contributed by atoms with Gasteiger partial charge in [0.25, 0.3) is 0 Å². The summed E-state index contributed by atoms with van der Waals surface area (Å²) in [5.74, 6) is 11.9. The Bertz CT molecular complexity index is 890. The van der Waals surface area contributed by atoms with Crippen molar-refractivity contribution in [2.45, 2.75) is 90.9 Å². The highest BCUT2D eigenvalue weighted by molar-refractivity contribution is 5.49. The molecular weight excluding hydrogens is 412 g/mol. The van der Waals surface area contributed by atoms with Crippen molar-refractivity contribution in [3.8, 4) is 23.7 Å². The van der Waals surface area contributed by atoms with Gasteiger partial charge in [-0.05, 0) is 73.9 Å². The molecular formula is C32H40N2. The number of pyridine rings is 2. The average Bonchev–Trinajstić information content (AvgIpc) is 2.87. The highest BCUT2D eigenvalue weighted by Gasteiger charge is 1.92. The van der Waals surface area contributed by atoms with E-state index in [0.29, 0.717) is 0 Å². The lowest BCUT2D eigenvalue weighted by atomic mass is 10.1. The molecule has 0 unspecified atom stereocenters. The first-order valence-electron chi connectivity index (χ1n) is 13.1. The molecule has 0 radical (unpaired) electrons. The van der Waals surface area contributed by atoms with Crippen molar-refractivity contribution in [1.82, 2.24) is 9.97 Å². The van der Waals surface area contributed by atoms with Crippen LogP contribution in [0.4, 0.5) is 0 Å². The monoisotopic (exact) mass is 452 g/mol. The summed E-state index contributed by atoms with van der Waals surface area (Å²) in [6.07, 6.45) is 27.6. The molecule has 0 N–H and O–H groups in total. The van der Waals surface area contributed by atoms with Crippen molar-refractivity contribution in [3.05, 3.63) is 71.3 Å². The zero-order chi connectivity index (χ0) is 24.1. The van der Waals surface area contributed by atoms with Crippen LogP contribution >= 0.6 is 0 Å². The molecule has 178 valence electrons. The summed E-state index contributed by atoms with van der Waals surface area (Å²) in [4.78, 5) is 8.94. The van der Waals surface area contributed by atoms with E-state index < -0.39 is 0 Å². The summed E-state index contributed by atoms with van der Waals surface area (Å²) in [6, 6.07) is 8.00. The Labute approximate surface area is 208 Å². The highest BCUT2D eigenvalue weighted by Crippen LogP contribution is 2.09. The van der Waals surface area contributed by atoms with Crippen LogP contribution in [0.5, 0.6) is 0 Å². The van der Waals surface area contributed by atoms with E-state index in [4.69, 9.17) is 0 Å². The first-order valence-corrected chi connectivity index (χ1v) is 13.1. The molecule has 2 heterocycles. The highest BCUT2D eigenvalue weighted by atomic mass is 14.7. The number of nitrogens with zero attached hydrogens (tertiary/aromatic N) is 2. The van der Waals surface area contributed by atoms with Crippen LogP contribution in [0.2, 0.25) is 0 Å². The minimum atomic E-state index is 0.874. The number of unbranched alkanes of at least 4 members (excludes halogenated alkanes) is 10. The van der Waals surface area contributed by atoms with Crippen molar-refractivity contribution >= 4 is 12.2 Å². The van der Waals surface area contributed by atoms with Crippen LogP contribution in [0.1, 0.15) is 113 Å². The Balaban J connectivity index is 1.73. The number of rotatable bonds is 14.